The van der Waals surface area contributed by atoms with Gasteiger partial charge in [-0.15, -0.1) is 0 Å². The Morgan fingerprint density at radius 1 is 0.574 bits per heavy atom. The number of phosphoric acid groups is 1. The highest BCUT2D eigenvalue weighted by atomic mass is 31.2. The molecule has 0 heterocycles. The first-order valence-electron chi connectivity index (χ1n) is 22.6. The van der Waals surface area contributed by atoms with E-state index in [0.717, 1.165) is 38.5 Å². The Morgan fingerprint density at radius 3 is 1.50 bits per heavy atom. The average molecular weight is 786 g/mol. The normalized spacial score (nSPS) is 14.0. The first-order chi connectivity index (χ1) is 26.1. The summed E-state index contributed by atoms with van der Waals surface area (Å²) >= 11 is 0. The molecule has 0 aromatic rings. The van der Waals surface area contributed by atoms with Gasteiger partial charge < -0.3 is 27.9 Å². The quantitative estimate of drug-likeness (QED) is 0.0200. The van der Waals surface area contributed by atoms with Gasteiger partial charge in [0.15, 0.2) is 0 Å². The number of ether oxygens (including phenoxy) is 2. The molecule has 9 heteroatoms. The smallest absolute Gasteiger partial charge is 0.306 e. The summed E-state index contributed by atoms with van der Waals surface area (Å²) in [7, 11) is 1.36. The van der Waals surface area contributed by atoms with Crippen LogP contribution in [0.4, 0.5) is 0 Å². The minimum atomic E-state index is -4.52. The van der Waals surface area contributed by atoms with Crippen molar-refractivity contribution >= 4 is 13.8 Å². The van der Waals surface area contributed by atoms with Crippen molar-refractivity contribution in [2.45, 2.75) is 206 Å². The fraction of sp³-hybridized carbons (Fsp3) is 0.889. The van der Waals surface area contributed by atoms with Gasteiger partial charge in [-0.1, -0.05) is 173 Å². The molecular weight excluding hydrogens is 697 g/mol. The number of nitrogens with zero attached hydrogens (tertiary/aromatic N) is 1. The van der Waals surface area contributed by atoms with E-state index in [2.05, 4.69) is 38.2 Å². The lowest BCUT2D eigenvalue weighted by molar-refractivity contribution is -0.870. The third-order valence-corrected chi connectivity index (χ3v) is 10.7. The molecule has 0 amide bonds. The molecule has 0 rings (SSSR count). The van der Waals surface area contributed by atoms with Crippen molar-refractivity contribution in [3.05, 3.63) is 24.3 Å². The minimum Gasteiger partial charge on any atom is -0.756 e. The second kappa shape index (κ2) is 38.8. The summed E-state index contributed by atoms with van der Waals surface area (Å²) in [4.78, 5) is 25.0. The molecule has 0 saturated heterocycles. The van der Waals surface area contributed by atoms with Crippen LogP contribution in [0.15, 0.2) is 24.3 Å². The molecule has 0 aromatic carbocycles. The number of carbonyl (C=O) groups is 1. The number of phosphoric ester groups is 1. The van der Waals surface area contributed by atoms with Crippen LogP contribution in [0.3, 0.4) is 0 Å². The second-order valence-corrected chi connectivity index (χ2v) is 17.8. The van der Waals surface area contributed by atoms with E-state index in [1.165, 1.54) is 141 Å². The van der Waals surface area contributed by atoms with Gasteiger partial charge in [-0.25, -0.2) is 0 Å². The van der Waals surface area contributed by atoms with E-state index < -0.39 is 13.9 Å². The van der Waals surface area contributed by atoms with E-state index in [4.69, 9.17) is 18.5 Å². The Balaban J connectivity index is 4.10. The third-order valence-electron chi connectivity index (χ3n) is 9.76. The van der Waals surface area contributed by atoms with E-state index >= 15 is 0 Å². The highest BCUT2D eigenvalue weighted by Crippen LogP contribution is 2.38. The summed E-state index contributed by atoms with van der Waals surface area (Å²) < 4.78 is 34.5. The maximum atomic E-state index is 12.6. The molecule has 0 spiro atoms. The number of esters is 1. The second-order valence-electron chi connectivity index (χ2n) is 16.4. The summed E-state index contributed by atoms with van der Waals surface area (Å²) in [6.45, 7) is 5.40. The highest BCUT2D eigenvalue weighted by molar-refractivity contribution is 7.45. The molecule has 0 fully saturated rings. The molecule has 0 aliphatic carbocycles. The zero-order valence-corrected chi connectivity index (χ0v) is 37.1. The highest BCUT2D eigenvalue weighted by Gasteiger charge is 2.20. The number of rotatable bonds is 42. The van der Waals surface area contributed by atoms with Gasteiger partial charge in [0, 0.05) is 13.0 Å². The Bertz CT molecular complexity index is 920. The van der Waals surface area contributed by atoms with Crippen LogP contribution in [0.2, 0.25) is 0 Å². The van der Waals surface area contributed by atoms with Gasteiger partial charge in [0.05, 0.1) is 34.4 Å². The van der Waals surface area contributed by atoms with Crippen LogP contribution in [0, 0.1) is 0 Å². The van der Waals surface area contributed by atoms with Crippen molar-refractivity contribution in [1.29, 1.82) is 0 Å². The first-order valence-corrected chi connectivity index (χ1v) is 24.0. The fourth-order valence-electron chi connectivity index (χ4n) is 6.22. The summed E-state index contributed by atoms with van der Waals surface area (Å²) in [5.41, 5.74) is 0. The summed E-state index contributed by atoms with van der Waals surface area (Å²) in [6, 6.07) is 0. The minimum absolute atomic E-state index is 0.0274. The maximum Gasteiger partial charge on any atom is 0.306 e. The van der Waals surface area contributed by atoms with Crippen molar-refractivity contribution < 1.29 is 37.3 Å². The van der Waals surface area contributed by atoms with Crippen LogP contribution in [0.1, 0.15) is 200 Å². The van der Waals surface area contributed by atoms with Crippen LogP contribution >= 0.6 is 7.82 Å². The maximum absolute atomic E-state index is 12.6. The van der Waals surface area contributed by atoms with Crippen molar-refractivity contribution in [3.8, 4) is 0 Å². The summed E-state index contributed by atoms with van der Waals surface area (Å²) in [5, 5.41) is 0. The molecule has 0 saturated carbocycles. The summed E-state index contributed by atoms with van der Waals surface area (Å²) in [5.74, 6) is -0.336. The predicted octanol–water partition coefficient (Wildman–Crippen LogP) is 12.6. The number of unbranched alkanes of at least 4 members (excludes halogenated alkanes) is 24. The van der Waals surface area contributed by atoms with Crippen LogP contribution in [-0.2, 0) is 27.9 Å². The molecule has 0 aromatic heterocycles. The molecule has 0 N–H and O–H groups in total. The van der Waals surface area contributed by atoms with Crippen LogP contribution in [0.5, 0.6) is 0 Å². The van der Waals surface area contributed by atoms with Crippen LogP contribution < -0.4 is 4.89 Å². The van der Waals surface area contributed by atoms with Crippen molar-refractivity contribution in [2.24, 2.45) is 0 Å². The van der Waals surface area contributed by atoms with Gasteiger partial charge >= 0.3 is 5.97 Å². The van der Waals surface area contributed by atoms with Crippen molar-refractivity contribution in [2.75, 3.05) is 54.1 Å². The van der Waals surface area contributed by atoms with Gasteiger partial charge in [-0.3, -0.25) is 9.36 Å². The first kappa shape index (κ1) is 53.0. The van der Waals surface area contributed by atoms with E-state index in [1.807, 2.05) is 21.1 Å². The average Bonchev–Trinajstić information content (AvgIpc) is 3.12. The van der Waals surface area contributed by atoms with E-state index in [9.17, 15) is 14.3 Å². The van der Waals surface area contributed by atoms with Gasteiger partial charge in [-0.2, -0.15) is 0 Å². The Kier molecular flexibility index (Phi) is 38.1. The number of likely N-dealkylation sites (N-methyl/N-ethyl adjacent to an activating group) is 1. The number of carbonyl (C=O) groups excluding carboxylic acids is 1. The van der Waals surface area contributed by atoms with Crippen LogP contribution in [0.25, 0.3) is 0 Å². The van der Waals surface area contributed by atoms with E-state index in [-0.39, 0.29) is 25.8 Å². The molecule has 0 aliphatic heterocycles. The molecule has 2 unspecified atom stereocenters. The zero-order chi connectivity index (χ0) is 39.9. The van der Waals surface area contributed by atoms with Gasteiger partial charge in [0.25, 0.3) is 7.82 Å². The van der Waals surface area contributed by atoms with Crippen LogP contribution in [-0.4, -0.2) is 70.7 Å². The van der Waals surface area contributed by atoms with Crippen molar-refractivity contribution in [1.82, 2.24) is 0 Å². The third kappa shape index (κ3) is 42.1. The molecule has 0 bridgehead atoms. The Labute approximate surface area is 334 Å². The number of hydrogen-bond acceptors (Lipinski definition) is 7. The molecular formula is C45H88NO7P. The van der Waals surface area contributed by atoms with E-state index in [1.54, 1.807) is 0 Å². The molecule has 0 radical (unpaired) electrons. The lowest BCUT2D eigenvalue weighted by atomic mass is 10.1. The molecule has 8 nitrogen and oxygen atoms in total. The lowest BCUT2D eigenvalue weighted by Gasteiger charge is -2.28. The molecule has 2 atom stereocenters. The topological polar surface area (TPSA) is 94.1 Å². The predicted molar refractivity (Wildman–Crippen MR) is 227 cm³/mol. The number of hydrogen-bond donors (Lipinski definition) is 0. The van der Waals surface area contributed by atoms with Gasteiger partial charge in [0.2, 0.25) is 0 Å². The zero-order valence-electron chi connectivity index (χ0n) is 36.2. The molecule has 0 aliphatic rings. The Morgan fingerprint density at radius 2 is 1.02 bits per heavy atom. The Hall–Kier alpha value is -1.02. The largest absolute Gasteiger partial charge is 0.756 e. The lowest BCUT2D eigenvalue weighted by Crippen LogP contribution is -2.37. The molecule has 320 valence electrons. The van der Waals surface area contributed by atoms with Gasteiger partial charge in [0.1, 0.15) is 19.3 Å². The summed E-state index contributed by atoms with van der Waals surface area (Å²) in [6.07, 6.45) is 43.4. The fourth-order valence-corrected chi connectivity index (χ4v) is 6.95. The monoisotopic (exact) mass is 786 g/mol. The number of allylic oxidation sites excluding steroid dienone is 4. The number of quaternary nitrogens is 1. The van der Waals surface area contributed by atoms with E-state index in [0.29, 0.717) is 24.1 Å². The molecule has 54 heavy (non-hydrogen) atoms. The SMILES string of the molecule is CCCCCCC/C=C\C/C=C\CCCCCCCCCCCCOCC(COP(=O)([O-])OCC[N+](C)(C)C)OC(=O)CCCCCCCCCCCC. The standard InChI is InChI=1S/C45H88NO7P/c1-6-8-10-12-14-16-18-19-20-21-22-23-24-25-26-27-28-29-31-33-35-37-40-50-42-44(43-52-54(48,49)51-41-39-46(3,4)5)53-45(47)38-36-34-32-30-17-15-13-11-9-7-2/h18-19,21-22,44H,6-17,20,23-43H2,1-5H3/b19-18-,22-21-. The van der Waals surface area contributed by atoms with Crippen molar-refractivity contribution in [3.63, 3.8) is 0 Å². The van der Waals surface area contributed by atoms with Gasteiger partial charge in [-0.05, 0) is 44.9 Å².